The third kappa shape index (κ3) is 1.28. The van der Waals surface area contributed by atoms with Crippen LogP contribution in [0.15, 0.2) is 12.1 Å². The SMILES string of the molecule is COc1ccc2[nH]c3c(c2c1N)CCNC3=O. The number of ether oxygens (including phenoxy) is 1. The summed E-state index contributed by atoms with van der Waals surface area (Å²) < 4.78 is 5.20. The first kappa shape index (κ1) is 10.0. The molecule has 0 radical (unpaired) electrons. The molecule has 0 saturated heterocycles. The number of methoxy groups -OCH3 is 1. The standard InChI is InChI=1S/C12H13N3O2/c1-17-8-3-2-7-9(10(8)13)6-4-5-14-12(16)11(6)15-7/h2-3,15H,4-5,13H2,1H3,(H,14,16). The first-order valence-electron chi connectivity index (χ1n) is 5.47. The molecule has 1 aliphatic rings. The van der Waals surface area contributed by atoms with Gasteiger partial charge in [-0.2, -0.15) is 0 Å². The Labute approximate surface area is 97.9 Å². The molecular weight excluding hydrogens is 218 g/mol. The molecule has 2 heterocycles. The van der Waals surface area contributed by atoms with E-state index in [0.29, 0.717) is 23.7 Å². The van der Waals surface area contributed by atoms with Crippen LogP contribution in [0.1, 0.15) is 16.1 Å². The van der Waals surface area contributed by atoms with E-state index in [4.69, 9.17) is 10.5 Å². The van der Waals surface area contributed by atoms with Gasteiger partial charge in [0, 0.05) is 17.4 Å². The van der Waals surface area contributed by atoms with E-state index < -0.39 is 0 Å². The number of carbonyl (C=O) groups excluding carboxylic acids is 1. The molecule has 0 aliphatic carbocycles. The fourth-order valence-electron chi connectivity index (χ4n) is 2.38. The van der Waals surface area contributed by atoms with Gasteiger partial charge in [0.15, 0.2) is 0 Å². The number of nitrogen functional groups attached to an aromatic ring is 1. The lowest BCUT2D eigenvalue weighted by atomic mass is 10.0. The highest BCUT2D eigenvalue weighted by Crippen LogP contribution is 2.35. The summed E-state index contributed by atoms with van der Waals surface area (Å²) in [6, 6.07) is 3.69. The number of hydrogen-bond donors (Lipinski definition) is 3. The Morgan fingerprint density at radius 2 is 2.24 bits per heavy atom. The Morgan fingerprint density at radius 3 is 3.00 bits per heavy atom. The number of nitrogens with two attached hydrogens (primary N) is 1. The first-order valence-corrected chi connectivity index (χ1v) is 5.47. The minimum absolute atomic E-state index is 0.0687. The van der Waals surface area contributed by atoms with E-state index in [0.717, 1.165) is 22.9 Å². The molecule has 0 saturated carbocycles. The van der Waals surface area contributed by atoms with Gasteiger partial charge in [0.05, 0.1) is 12.8 Å². The third-order valence-corrected chi connectivity index (χ3v) is 3.18. The number of benzene rings is 1. The van der Waals surface area contributed by atoms with Gasteiger partial charge in [0.2, 0.25) is 0 Å². The summed E-state index contributed by atoms with van der Waals surface area (Å²) in [5.41, 5.74) is 9.14. The van der Waals surface area contributed by atoms with Crippen molar-refractivity contribution in [1.29, 1.82) is 0 Å². The van der Waals surface area contributed by atoms with E-state index in [1.165, 1.54) is 0 Å². The molecule has 0 spiro atoms. The average Bonchev–Trinajstić information content (AvgIpc) is 2.70. The molecule has 1 amide bonds. The number of H-pyrrole nitrogens is 1. The second-order valence-electron chi connectivity index (χ2n) is 4.09. The molecule has 5 nitrogen and oxygen atoms in total. The molecule has 0 fully saturated rings. The number of fused-ring (bicyclic) bond motifs is 3. The zero-order valence-corrected chi connectivity index (χ0v) is 9.46. The topological polar surface area (TPSA) is 80.1 Å². The van der Waals surface area contributed by atoms with Crippen LogP contribution in [0, 0.1) is 0 Å². The van der Waals surface area contributed by atoms with Crippen LogP contribution in [0.3, 0.4) is 0 Å². The Hall–Kier alpha value is -2.17. The van der Waals surface area contributed by atoms with Crippen molar-refractivity contribution < 1.29 is 9.53 Å². The van der Waals surface area contributed by atoms with Gasteiger partial charge in [-0.3, -0.25) is 4.79 Å². The lowest BCUT2D eigenvalue weighted by Gasteiger charge is -2.13. The number of anilines is 1. The molecule has 88 valence electrons. The summed E-state index contributed by atoms with van der Waals surface area (Å²) in [7, 11) is 1.59. The van der Waals surface area contributed by atoms with Crippen molar-refractivity contribution in [2.24, 2.45) is 0 Å². The third-order valence-electron chi connectivity index (χ3n) is 3.18. The molecule has 2 aromatic rings. The van der Waals surface area contributed by atoms with Crippen molar-refractivity contribution in [2.45, 2.75) is 6.42 Å². The number of nitrogens with one attached hydrogen (secondary N) is 2. The van der Waals surface area contributed by atoms with Crippen LogP contribution in [0.4, 0.5) is 5.69 Å². The maximum Gasteiger partial charge on any atom is 0.268 e. The van der Waals surface area contributed by atoms with E-state index in [1.54, 1.807) is 13.2 Å². The predicted molar refractivity (Wildman–Crippen MR) is 65.3 cm³/mol. The van der Waals surface area contributed by atoms with Gasteiger partial charge in [-0.05, 0) is 24.1 Å². The second-order valence-corrected chi connectivity index (χ2v) is 4.09. The van der Waals surface area contributed by atoms with Crippen molar-refractivity contribution in [3.63, 3.8) is 0 Å². The highest BCUT2D eigenvalue weighted by molar-refractivity contribution is 6.06. The smallest absolute Gasteiger partial charge is 0.268 e. The van der Waals surface area contributed by atoms with Crippen LogP contribution < -0.4 is 15.8 Å². The predicted octanol–water partition coefficient (Wildman–Crippen LogP) is 1.04. The van der Waals surface area contributed by atoms with Gasteiger partial charge in [0.25, 0.3) is 5.91 Å². The van der Waals surface area contributed by atoms with E-state index in [2.05, 4.69) is 10.3 Å². The van der Waals surface area contributed by atoms with Gasteiger partial charge in [-0.25, -0.2) is 0 Å². The van der Waals surface area contributed by atoms with Crippen LogP contribution >= 0.6 is 0 Å². The van der Waals surface area contributed by atoms with Gasteiger partial charge >= 0.3 is 0 Å². The molecule has 5 heteroatoms. The van der Waals surface area contributed by atoms with Gasteiger partial charge in [-0.15, -0.1) is 0 Å². The van der Waals surface area contributed by atoms with Gasteiger partial charge in [0.1, 0.15) is 11.4 Å². The monoisotopic (exact) mass is 231 g/mol. The fourth-order valence-corrected chi connectivity index (χ4v) is 2.38. The minimum atomic E-state index is -0.0687. The maximum absolute atomic E-state index is 11.7. The second kappa shape index (κ2) is 3.41. The summed E-state index contributed by atoms with van der Waals surface area (Å²) in [5.74, 6) is 0.575. The van der Waals surface area contributed by atoms with Crippen molar-refractivity contribution in [3.8, 4) is 5.75 Å². The van der Waals surface area contributed by atoms with Crippen molar-refractivity contribution in [2.75, 3.05) is 19.4 Å². The van der Waals surface area contributed by atoms with Crippen LogP contribution in [-0.2, 0) is 6.42 Å². The molecule has 1 aromatic carbocycles. The number of hydrogen-bond acceptors (Lipinski definition) is 3. The van der Waals surface area contributed by atoms with E-state index in [1.807, 2.05) is 6.07 Å². The highest BCUT2D eigenvalue weighted by atomic mass is 16.5. The van der Waals surface area contributed by atoms with E-state index >= 15 is 0 Å². The number of aromatic amines is 1. The van der Waals surface area contributed by atoms with Crippen LogP contribution in [0.5, 0.6) is 5.75 Å². The fraction of sp³-hybridized carbons (Fsp3) is 0.250. The zero-order chi connectivity index (χ0) is 12.0. The van der Waals surface area contributed by atoms with Crippen molar-refractivity contribution in [3.05, 3.63) is 23.4 Å². The quantitative estimate of drug-likeness (QED) is 0.641. The molecule has 3 rings (SSSR count). The number of aromatic nitrogens is 1. The highest BCUT2D eigenvalue weighted by Gasteiger charge is 2.23. The minimum Gasteiger partial charge on any atom is -0.495 e. The van der Waals surface area contributed by atoms with E-state index in [9.17, 15) is 4.79 Å². The van der Waals surface area contributed by atoms with Crippen LogP contribution in [0.2, 0.25) is 0 Å². The largest absolute Gasteiger partial charge is 0.495 e. The molecule has 4 N–H and O–H groups in total. The molecule has 17 heavy (non-hydrogen) atoms. The van der Waals surface area contributed by atoms with Crippen molar-refractivity contribution in [1.82, 2.24) is 10.3 Å². The Kier molecular flexibility index (Phi) is 2.01. The summed E-state index contributed by atoms with van der Waals surface area (Å²) in [6.45, 7) is 0.648. The lowest BCUT2D eigenvalue weighted by molar-refractivity contribution is 0.0942. The Bertz CT molecular complexity index is 616. The molecule has 0 bridgehead atoms. The Balaban J connectivity index is 2.36. The molecule has 1 aliphatic heterocycles. The number of rotatable bonds is 1. The number of carbonyl (C=O) groups is 1. The summed E-state index contributed by atoms with van der Waals surface area (Å²) >= 11 is 0. The Morgan fingerprint density at radius 1 is 1.41 bits per heavy atom. The molecular formula is C12H13N3O2. The van der Waals surface area contributed by atoms with Crippen LogP contribution in [0.25, 0.3) is 10.9 Å². The normalized spacial score (nSPS) is 14.5. The molecule has 0 unspecified atom stereocenters. The van der Waals surface area contributed by atoms with Crippen molar-refractivity contribution >= 4 is 22.5 Å². The number of amides is 1. The zero-order valence-electron chi connectivity index (χ0n) is 9.46. The van der Waals surface area contributed by atoms with Gasteiger partial charge in [-0.1, -0.05) is 0 Å². The van der Waals surface area contributed by atoms with E-state index in [-0.39, 0.29) is 5.91 Å². The molecule has 1 aromatic heterocycles. The average molecular weight is 231 g/mol. The first-order chi connectivity index (χ1) is 8.22. The van der Waals surface area contributed by atoms with Gasteiger partial charge < -0.3 is 20.8 Å². The summed E-state index contributed by atoms with van der Waals surface area (Å²) in [5, 5.41) is 3.72. The van der Waals surface area contributed by atoms with Crippen LogP contribution in [-0.4, -0.2) is 24.5 Å². The molecule has 0 atom stereocenters. The summed E-state index contributed by atoms with van der Waals surface area (Å²) in [4.78, 5) is 14.8. The summed E-state index contributed by atoms with van der Waals surface area (Å²) in [6.07, 6.45) is 0.790. The lowest BCUT2D eigenvalue weighted by Crippen LogP contribution is -2.31. The maximum atomic E-state index is 11.7.